The Labute approximate surface area is 179 Å². The van der Waals surface area contributed by atoms with Gasteiger partial charge in [-0.15, -0.1) is 0 Å². The van der Waals surface area contributed by atoms with Gasteiger partial charge >= 0.3 is 6.09 Å². The zero-order chi connectivity index (χ0) is 21.2. The van der Waals surface area contributed by atoms with Crippen LogP contribution < -0.4 is 10.2 Å². The molecule has 29 heavy (non-hydrogen) atoms. The van der Waals surface area contributed by atoms with Gasteiger partial charge in [0, 0.05) is 54.7 Å². The first-order valence-corrected chi connectivity index (χ1v) is 11.5. The van der Waals surface area contributed by atoms with Crippen molar-refractivity contribution in [1.82, 2.24) is 4.90 Å². The summed E-state index contributed by atoms with van der Waals surface area (Å²) in [6, 6.07) is 10.2. The summed E-state index contributed by atoms with van der Waals surface area (Å²) in [7, 11) is -3.44. The van der Waals surface area contributed by atoms with E-state index in [1.54, 1.807) is 36.4 Å². The van der Waals surface area contributed by atoms with E-state index in [0.29, 0.717) is 48.5 Å². The predicted molar refractivity (Wildman–Crippen MR) is 115 cm³/mol. The normalized spacial score (nSPS) is 14.7. The molecule has 1 amide bonds. The minimum Gasteiger partial charge on any atom is -0.465 e. The molecule has 0 atom stereocenters. The van der Waals surface area contributed by atoms with Crippen LogP contribution >= 0.6 is 23.2 Å². The van der Waals surface area contributed by atoms with Gasteiger partial charge in [-0.1, -0.05) is 23.2 Å². The molecule has 156 valence electrons. The van der Waals surface area contributed by atoms with Crippen LogP contribution in [0.2, 0.25) is 10.0 Å². The van der Waals surface area contributed by atoms with Crippen LogP contribution in [-0.4, -0.2) is 57.0 Å². The van der Waals surface area contributed by atoms with Crippen LogP contribution in [0.4, 0.5) is 16.2 Å². The summed E-state index contributed by atoms with van der Waals surface area (Å²) in [5.41, 5.74) is 2.12. The van der Waals surface area contributed by atoms with Crippen LogP contribution in [0.5, 0.6) is 0 Å². The number of anilines is 2. The lowest BCUT2D eigenvalue weighted by Crippen LogP contribution is -2.48. The Bertz CT molecular complexity index is 1000. The number of piperazine rings is 1. The van der Waals surface area contributed by atoms with E-state index in [9.17, 15) is 13.2 Å². The summed E-state index contributed by atoms with van der Waals surface area (Å²) >= 11 is 12.1. The number of benzene rings is 2. The van der Waals surface area contributed by atoms with Crippen LogP contribution in [0.25, 0.3) is 0 Å². The minimum absolute atomic E-state index is 0.193. The quantitative estimate of drug-likeness (QED) is 0.709. The molecule has 2 aromatic carbocycles. The number of amides is 1. The number of hydrogen-bond donors (Lipinski definition) is 2. The van der Waals surface area contributed by atoms with Crippen LogP contribution in [0.3, 0.4) is 0 Å². The highest BCUT2D eigenvalue weighted by molar-refractivity contribution is 7.90. The molecule has 1 aliphatic heterocycles. The first-order chi connectivity index (χ1) is 13.6. The van der Waals surface area contributed by atoms with Crippen molar-refractivity contribution in [2.45, 2.75) is 11.4 Å². The molecule has 0 aliphatic carbocycles. The van der Waals surface area contributed by atoms with Gasteiger partial charge in [0.1, 0.15) is 0 Å². The smallest absolute Gasteiger partial charge is 0.407 e. The molecule has 0 bridgehead atoms. The summed E-state index contributed by atoms with van der Waals surface area (Å²) in [5, 5.41) is 13.3. The van der Waals surface area contributed by atoms with E-state index in [4.69, 9.17) is 28.3 Å². The Morgan fingerprint density at radius 1 is 1.07 bits per heavy atom. The topological polar surface area (TPSA) is 90.0 Å². The van der Waals surface area contributed by atoms with Gasteiger partial charge in [-0.25, -0.2) is 13.2 Å². The lowest BCUT2D eigenvalue weighted by atomic mass is 10.2. The van der Waals surface area contributed by atoms with Crippen molar-refractivity contribution in [3.63, 3.8) is 0 Å². The molecular weight excluding hydrogens is 437 g/mol. The fraction of sp³-hybridized carbons (Fsp3) is 0.316. The van der Waals surface area contributed by atoms with E-state index in [-0.39, 0.29) is 4.90 Å². The number of nitrogens with one attached hydrogen (secondary N) is 1. The van der Waals surface area contributed by atoms with Crippen molar-refractivity contribution in [2.75, 3.05) is 42.7 Å². The first kappa shape index (κ1) is 21.5. The molecule has 3 rings (SSSR count). The maximum Gasteiger partial charge on any atom is 0.407 e. The van der Waals surface area contributed by atoms with E-state index < -0.39 is 15.9 Å². The summed E-state index contributed by atoms with van der Waals surface area (Å²) in [6.45, 7) is 2.21. The Balaban J connectivity index is 1.84. The van der Waals surface area contributed by atoms with Crippen LogP contribution in [0, 0.1) is 0 Å². The van der Waals surface area contributed by atoms with Crippen LogP contribution in [0.15, 0.2) is 41.3 Å². The lowest BCUT2D eigenvalue weighted by molar-refractivity contribution is 0.142. The summed E-state index contributed by atoms with van der Waals surface area (Å²) in [5.74, 6) is 0. The Morgan fingerprint density at radius 2 is 1.69 bits per heavy atom. The fourth-order valence-electron chi connectivity index (χ4n) is 3.24. The van der Waals surface area contributed by atoms with E-state index in [1.807, 2.05) is 4.90 Å². The molecule has 1 fully saturated rings. The highest BCUT2D eigenvalue weighted by Crippen LogP contribution is 2.29. The van der Waals surface area contributed by atoms with E-state index in [0.717, 1.165) is 17.5 Å². The highest BCUT2D eigenvalue weighted by Gasteiger charge is 2.22. The highest BCUT2D eigenvalue weighted by atomic mass is 35.5. The van der Waals surface area contributed by atoms with Gasteiger partial charge in [0.2, 0.25) is 0 Å². The molecular formula is C19H21Cl2N3O4S. The molecule has 7 nitrogen and oxygen atoms in total. The zero-order valence-corrected chi connectivity index (χ0v) is 18.1. The molecule has 1 saturated heterocycles. The number of carboxylic acid groups (broad SMARTS) is 1. The molecule has 0 spiro atoms. The fourth-order valence-corrected chi connectivity index (χ4v) is 4.66. The molecule has 0 unspecified atom stereocenters. The molecule has 0 aromatic heterocycles. The van der Waals surface area contributed by atoms with Crippen LogP contribution in [-0.2, 0) is 16.4 Å². The van der Waals surface area contributed by atoms with Crippen molar-refractivity contribution in [1.29, 1.82) is 0 Å². The third kappa shape index (κ3) is 5.46. The Kier molecular flexibility index (Phi) is 6.45. The lowest BCUT2D eigenvalue weighted by Gasteiger charge is -2.35. The number of rotatable bonds is 5. The van der Waals surface area contributed by atoms with Gasteiger partial charge < -0.3 is 20.2 Å². The van der Waals surface area contributed by atoms with Crippen molar-refractivity contribution in [2.24, 2.45) is 0 Å². The van der Waals surface area contributed by atoms with Crippen molar-refractivity contribution in [3.05, 3.63) is 52.0 Å². The SMILES string of the molecule is CS(=O)(=O)c1ccc(N2CCN(C(=O)O)CC2)cc1NCc1cc(Cl)cc(Cl)c1. The average molecular weight is 458 g/mol. The third-order valence-corrected chi connectivity index (χ3v) is 6.27. The number of hydrogen-bond acceptors (Lipinski definition) is 5. The van der Waals surface area contributed by atoms with Crippen molar-refractivity contribution in [3.8, 4) is 0 Å². The number of carbonyl (C=O) groups is 1. The Hall–Kier alpha value is -2.16. The van der Waals surface area contributed by atoms with E-state index >= 15 is 0 Å². The van der Waals surface area contributed by atoms with E-state index in [2.05, 4.69) is 5.32 Å². The number of sulfone groups is 1. The summed E-state index contributed by atoms with van der Waals surface area (Å²) < 4.78 is 24.4. The van der Waals surface area contributed by atoms with Gasteiger partial charge in [0.15, 0.2) is 9.84 Å². The number of nitrogens with zero attached hydrogens (tertiary/aromatic N) is 2. The Morgan fingerprint density at radius 3 is 2.24 bits per heavy atom. The number of halogens is 2. The third-order valence-electron chi connectivity index (χ3n) is 4.68. The molecule has 2 N–H and O–H groups in total. The zero-order valence-electron chi connectivity index (χ0n) is 15.7. The van der Waals surface area contributed by atoms with Crippen molar-refractivity contribution < 1.29 is 18.3 Å². The second-order valence-electron chi connectivity index (χ2n) is 6.84. The van der Waals surface area contributed by atoms with Gasteiger partial charge in [0.05, 0.1) is 10.6 Å². The van der Waals surface area contributed by atoms with Gasteiger partial charge in [-0.05, 0) is 42.0 Å². The van der Waals surface area contributed by atoms with Gasteiger partial charge in [-0.3, -0.25) is 0 Å². The molecule has 1 aliphatic rings. The monoisotopic (exact) mass is 457 g/mol. The van der Waals surface area contributed by atoms with Crippen molar-refractivity contribution >= 4 is 50.5 Å². The molecule has 2 aromatic rings. The van der Waals surface area contributed by atoms with Crippen LogP contribution in [0.1, 0.15) is 5.56 Å². The molecule has 10 heteroatoms. The standard InChI is InChI=1S/C19H21Cl2N3O4S/c1-29(27,28)18-3-2-16(23-4-6-24(7-5-23)19(25)26)11-17(18)22-12-13-8-14(20)10-15(21)9-13/h2-3,8-11,22H,4-7,12H2,1H3,(H,25,26). The summed E-state index contributed by atoms with van der Waals surface area (Å²) in [4.78, 5) is 14.7. The van der Waals surface area contributed by atoms with Gasteiger partial charge in [0.25, 0.3) is 0 Å². The summed E-state index contributed by atoms with van der Waals surface area (Å²) in [6.07, 6.45) is 0.231. The molecule has 1 heterocycles. The second kappa shape index (κ2) is 8.69. The first-order valence-electron chi connectivity index (χ1n) is 8.89. The average Bonchev–Trinajstić information content (AvgIpc) is 2.64. The molecule has 0 radical (unpaired) electrons. The second-order valence-corrected chi connectivity index (χ2v) is 9.70. The minimum atomic E-state index is -3.44. The maximum absolute atomic E-state index is 12.2. The largest absolute Gasteiger partial charge is 0.465 e. The maximum atomic E-state index is 12.2. The van der Waals surface area contributed by atoms with E-state index in [1.165, 1.54) is 4.90 Å². The van der Waals surface area contributed by atoms with Gasteiger partial charge in [-0.2, -0.15) is 0 Å². The predicted octanol–water partition coefficient (Wildman–Crippen LogP) is 3.81. The molecule has 0 saturated carbocycles.